The molecule has 0 aromatic rings. The van der Waals surface area contributed by atoms with Gasteiger partial charge < -0.3 is 4.79 Å². The van der Waals surface area contributed by atoms with Crippen LogP contribution in [0.1, 0.15) is 44.9 Å². The molecule has 0 aliphatic heterocycles. The van der Waals surface area contributed by atoms with Crippen molar-refractivity contribution in [3.63, 3.8) is 0 Å². The molecule has 0 saturated heterocycles. The van der Waals surface area contributed by atoms with Gasteiger partial charge in [0.05, 0.1) is 6.42 Å². The van der Waals surface area contributed by atoms with Crippen molar-refractivity contribution < 1.29 is 9.59 Å². The van der Waals surface area contributed by atoms with Crippen LogP contribution < -0.4 is 0 Å². The molecule has 0 spiro atoms. The Morgan fingerprint density at radius 2 is 1.75 bits per heavy atom. The summed E-state index contributed by atoms with van der Waals surface area (Å²) in [7, 11) is 0. The van der Waals surface area contributed by atoms with Gasteiger partial charge in [0, 0.05) is 5.92 Å². The molecule has 0 amide bonds. The van der Waals surface area contributed by atoms with E-state index in [1.54, 1.807) is 0 Å². The van der Waals surface area contributed by atoms with Gasteiger partial charge in [-0.3, -0.25) is 4.79 Å². The second-order valence-corrected chi connectivity index (χ2v) is 3.53. The molecular formula is C10H16O2. The number of rotatable bonds is 3. The monoisotopic (exact) mass is 168 g/mol. The molecule has 2 heteroatoms. The van der Waals surface area contributed by atoms with E-state index in [-0.39, 0.29) is 18.1 Å². The van der Waals surface area contributed by atoms with Crippen molar-refractivity contribution in [3.05, 3.63) is 0 Å². The number of Topliss-reactive ketones (excluding diaryl/α,β-unsaturated/α-hetero) is 1. The van der Waals surface area contributed by atoms with Crippen LogP contribution in [-0.4, -0.2) is 12.1 Å². The summed E-state index contributed by atoms with van der Waals surface area (Å²) in [6.07, 6.45) is 7.71. The first kappa shape index (κ1) is 9.43. The summed E-state index contributed by atoms with van der Waals surface area (Å²) in [6.45, 7) is 0. The number of carbonyl (C=O) groups is 2. The first-order valence-electron chi connectivity index (χ1n) is 4.81. The SMILES string of the molecule is O=CCC(=O)C1CCCCCC1. The fraction of sp³-hybridized carbons (Fsp3) is 0.800. The summed E-state index contributed by atoms with van der Waals surface area (Å²) < 4.78 is 0. The maximum Gasteiger partial charge on any atom is 0.143 e. The average Bonchev–Trinajstić information content (AvgIpc) is 2.32. The molecule has 68 valence electrons. The van der Waals surface area contributed by atoms with E-state index in [0.29, 0.717) is 0 Å². The normalized spacial score (nSPS) is 20.0. The molecule has 0 aromatic heterocycles. The molecule has 1 rings (SSSR count). The number of hydrogen-bond acceptors (Lipinski definition) is 2. The predicted octanol–water partition coefficient (Wildman–Crippen LogP) is 2.11. The van der Waals surface area contributed by atoms with Crippen molar-refractivity contribution in [2.45, 2.75) is 44.9 Å². The Kier molecular flexibility index (Phi) is 3.98. The molecule has 1 aliphatic carbocycles. The number of ketones is 1. The lowest BCUT2D eigenvalue weighted by Gasteiger charge is -2.09. The van der Waals surface area contributed by atoms with Gasteiger partial charge in [0.25, 0.3) is 0 Å². The van der Waals surface area contributed by atoms with Crippen LogP contribution in [0.15, 0.2) is 0 Å². The Morgan fingerprint density at radius 3 is 2.25 bits per heavy atom. The van der Waals surface area contributed by atoms with Crippen LogP contribution in [0.5, 0.6) is 0 Å². The predicted molar refractivity (Wildman–Crippen MR) is 46.9 cm³/mol. The van der Waals surface area contributed by atoms with Crippen LogP contribution >= 0.6 is 0 Å². The van der Waals surface area contributed by atoms with Crippen LogP contribution in [-0.2, 0) is 9.59 Å². The first-order chi connectivity index (χ1) is 5.84. The Bertz CT molecular complexity index is 155. The highest BCUT2D eigenvalue weighted by Gasteiger charge is 2.18. The minimum atomic E-state index is 0.130. The summed E-state index contributed by atoms with van der Waals surface area (Å²) in [6, 6.07) is 0. The lowest BCUT2D eigenvalue weighted by atomic mass is 9.94. The molecule has 1 saturated carbocycles. The molecule has 1 fully saturated rings. The number of aldehydes is 1. The maximum absolute atomic E-state index is 11.3. The minimum Gasteiger partial charge on any atom is -0.303 e. The molecule has 0 aromatic carbocycles. The molecule has 12 heavy (non-hydrogen) atoms. The fourth-order valence-corrected chi connectivity index (χ4v) is 1.85. The van der Waals surface area contributed by atoms with Crippen LogP contribution in [0.25, 0.3) is 0 Å². The van der Waals surface area contributed by atoms with E-state index < -0.39 is 0 Å². The third-order valence-corrected chi connectivity index (χ3v) is 2.60. The van der Waals surface area contributed by atoms with Gasteiger partial charge in [-0.1, -0.05) is 25.7 Å². The summed E-state index contributed by atoms with van der Waals surface area (Å²) in [5, 5.41) is 0. The van der Waals surface area contributed by atoms with Crippen LogP contribution in [0.3, 0.4) is 0 Å². The van der Waals surface area contributed by atoms with Gasteiger partial charge in [-0.2, -0.15) is 0 Å². The highest BCUT2D eigenvalue weighted by atomic mass is 16.1. The minimum absolute atomic E-state index is 0.130. The summed E-state index contributed by atoms with van der Waals surface area (Å²) in [5.41, 5.74) is 0. The third kappa shape index (κ3) is 2.76. The zero-order valence-electron chi connectivity index (χ0n) is 7.42. The van der Waals surface area contributed by atoms with E-state index in [1.807, 2.05) is 0 Å². The van der Waals surface area contributed by atoms with Crippen molar-refractivity contribution >= 4 is 12.1 Å². The smallest absolute Gasteiger partial charge is 0.143 e. The second-order valence-electron chi connectivity index (χ2n) is 3.53. The van der Waals surface area contributed by atoms with Crippen LogP contribution in [0.2, 0.25) is 0 Å². The zero-order valence-corrected chi connectivity index (χ0v) is 7.42. The van der Waals surface area contributed by atoms with Crippen molar-refractivity contribution in [1.82, 2.24) is 0 Å². The second kappa shape index (κ2) is 5.07. The molecule has 0 radical (unpaired) electrons. The van der Waals surface area contributed by atoms with Crippen molar-refractivity contribution in [2.24, 2.45) is 5.92 Å². The van der Waals surface area contributed by atoms with Gasteiger partial charge in [-0.15, -0.1) is 0 Å². The van der Waals surface area contributed by atoms with Gasteiger partial charge in [-0.05, 0) is 12.8 Å². The highest BCUT2D eigenvalue weighted by Crippen LogP contribution is 2.23. The fourth-order valence-electron chi connectivity index (χ4n) is 1.85. The lowest BCUT2D eigenvalue weighted by Crippen LogP contribution is -2.13. The van der Waals surface area contributed by atoms with Crippen molar-refractivity contribution in [3.8, 4) is 0 Å². The lowest BCUT2D eigenvalue weighted by molar-refractivity contribution is -0.125. The third-order valence-electron chi connectivity index (χ3n) is 2.60. The standard InChI is InChI=1S/C10H16O2/c11-8-7-10(12)9-5-3-1-2-4-6-9/h8-9H,1-7H2. The molecule has 2 nitrogen and oxygen atoms in total. The van der Waals surface area contributed by atoms with E-state index in [1.165, 1.54) is 12.8 Å². The summed E-state index contributed by atoms with van der Waals surface area (Å²) >= 11 is 0. The van der Waals surface area contributed by atoms with Gasteiger partial charge in [0.15, 0.2) is 0 Å². The topological polar surface area (TPSA) is 34.1 Å². The average molecular weight is 168 g/mol. The molecule has 0 bridgehead atoms. The van der Waals surface area contributed by atoms with E-state index in [0.717, 1.165) is 32.0 Å². The number of hydrogen-bond donors (Lipinski definition) is 0. The van der Waals surface area contributed by atoms with E-state index in [4.69, 9.17) is 0 Å². The van der Waals surface area contributed by atoms with E-state index in [9.17, 15) is 9.59 Å². The Morgan fingerprint density at radius 1 is 1.17 bits per heavy atom. The largest absolute Gasteiger partial charge is 0.303 e. The van der Waals surface area contributed by atoms with E-state index >= 15 is 0 Å². The van der Waals surface area contributed by atoms with Crippen molar-refractivity contribution in [1.29, 1.82) is 0 Å². The highest BCUT2D eigenvalue weighted by molar-refractivity contribution is 5.91. The van der Waals surface area contributed by atoms with Gasteiger partial charge in [0.1, 0.15) is 12.1 Å². The molecule has 0 atom stereocenters. The van der Waals surface area contributed by atoms with Crippen molar-refractivity contribution in [2.75, 3.05) is 0 Å². The maximum atomic E-state index is 11.3. The summed E-state index contributed by atoms with van der Waals surface area (Å²) in [5.74, 6) is 0.351. The zero-order chi connectivity index (χ0) is 8.81. The molecule has 0 heterocycles. The molecule has 0 N–H and O–H groups in total. The number of carbonyl (C=O) groups excluding carboxylic acids is 2. The van der Waals surface area contributed by atoms with Gasteiger partial charge in [0.2, 0.25) is 0 Å². The Balaban J connectivity index is 2.37. The van der Waals surface area contributed by atoms with Gasteiger partial charge in [-0.25, -0.2) is 0 Å². The molecule has 1 aliphatic rings. The summed E-state index contributed by atoms with van der Waals surface area (Å²) in [4.78, 5) is 21.4. The first-order valence-corrected chi connectivity index (χ1v) is 4.81. The quantitative estimate of drug-likeness (QED) is 0.367. The Hall–Kier alpha value is -0.660. The van der Waals surface area contributed by atoms with E-state index in [2.05, 4.69) is 0 Å². The Labute approximate surface area is 73.3 Å². The van der Waals surface area contributed by atoms with Gasteiger partial charge >= 0.3 is 0 Å². The van der Waals surface area contributed by atoms with Crippen LogP contribution in [0, 0.1) is 5.92 Å². The van der Waals surface area contributed by atoms with Crippen LogP contribution in [0.4, 0.5) is 0 Å². The molecule has 0 unspecified atom stereocenters. The molecular weight excluding hydrogens is 152 g/mol.